The van der Waals surface area contributed by atoms with E-state index in [1.165, 1.54) is 11.1 Å². The van der Waals surface area contributed by atoms with Crippen molar-refractivity contribution >= 4 is 22.7 Å². The molecule has 1 unspecified atom stereocenters. The predicted octanol–water partition coefficient (Wildman–Crippen LogP) is 12.7. The summed E-state index contributed by atoms with van der Waals surface area (Å²) in [5.41, 5.74) is 4.82. The fourth-order valence-corrected chi connectivity index (χ4v) is 15.5. The molecule has 11 heteroatoms. The molecule has 0 heterocycles. The summed E-state index contributed by atoms with van der Waals surface area (Å²) in [4.78, 5) is 24.2. The van der Waals surface area contributed by atoms with Crippen LogP contribution in [0.15, 0.2) is 54.2 Å². The number of Topliss-reactive ketones (excluding diaryl/α,β-unsaturated/α-hetero) is 1. The highest BCUT2D eigenvalue weighted by molar-refractivity contribution is 7.91. The number of halogens is 5. The molecular weight excluding hydrogens is 832 g/mol. The molecule has 0 amide bonds. The monoisotopic (exact) mass is 902 g/mol. The highest BCUT2D eigenvalue weighted by atomic mass is 32.2. The number of benzene rings is 1. The molecule has 2 N–H and O–H groups in total. The molecule has 1 aromatic rings. The van der Waals surface area contributed by atoms with Crippen molar-refractivity contribution in [3.05, 3.63) is 65.3 Å². The van der Waals surface area contributed by atoms with Crippen molar-refractivity contribution < 1.29 is 46.3 Å². The lowest BCUT2D eigenvalue weighted by atomic mass is 9.48. The zero-order valence-electron chi connectivity index (χ0n) is 37.8. The normalized spacial score (nSPS) is 36.2. The zero-order chi connectivity index (χ0) is 45.5. The van der Waals surface area contributed by atoms with Crippen LogP contribution in [0.5, 0.6) is 5.75 Å². The molecule has 8 rings (SSSR count). The number of rotatable bonds is 14. The number of fused-ring (bicyclic) bond motifs is 10. The molecule has 0 aliphatic heterocycles. The first kappa shape index (κ1) is 48.4. The van der Waals surface area contributed by atoms with Gasteiger partial charge in [-0.05, 0) is 171 Å². The number of allylic oxidation sites excluding steroid dienone is 5. The zero-order valence-corrected chi connectivity index (χ0v) is 38.6. The number of carbonyl (C=O) groups excluding carboxylic acids is 2. The highest BCUT2D eigenvalue weighted by Gasteiger charge is 2.60. The molecule has 0 saturated heterocycles. The number of hydrogen-bond acceptors (Lipinski definition) is 5. The van der Waals surface area contributed by atoms with E-state index in [9.17, 15) is 46.3 Å². The van der Waals surface area contributed by atoms with Gasteiger partial charge in [0.05, 0.1) is 6.10 Å². The van der Waals surface area contributed by atoms with E-state index in [2.05, 4.69) is 39.5 Å². The number of hydrogen-bond donors (Lipinski definition) is 2. The Morgan fingerprint density at radius 1 is 0.841 bits per heavy atom. The van der Waals surface area contributed by atoms with Crippen LogP contribution in [-0.4, -0.2) is 56.0 Å². The van der Waals surface area contributed by atoms with E-state index in [0.717, 1.165) is 120 Å². The Bertz CT molecular complexity index is 1910. The number of unbranched alkanes of at least 4 members (excludes halogenated alkanes) is 6. The molecule has 7 aliphatic carbocycles. The quantitative estimate of drug-likeness (QED) is 0.110. The lowest BCUT2D eigenvalue weighted by Gasteiger charge is -2.56. The van der Waals surface area contributed by atoms with Crippen LogP contribution in [0.25, 0.3) is 0 Å². The average molecular weight is 903 g/mol. The maximum absolute atomic E-state index is 13.0. The number of phenols is 1. The van der Waals surface area contributed by atoms with E-state index in [-0.39, 0.29) is 33.9 Å². The third-order valence-electron chi connectivity index (χ3n) is 17.8. The van der Waals surface area contributed by atoms with E-state index >= 15 is 0 Å². The maximum atomic E-state index is 13.0. The third kappa shape index (κ3) is 9.69. The first-order chi connectivity index (χ1) is 29.7. The summed E-state index contributed by atoms with van der Waals surface area (Å²) >= 11 is -1.35. The molecule has 0 spiro atoms. The molecule has 5 nitrogen and oxygen atoms in total. The van der Waals surface area contributed by atoms with Crippen LogP contribution in [0.3, 0.4) is 0 Å². The summed E-state index contributed by atoms with van der Waals surface area (Å²) < 4.78 is 74.5. The Morgan fingerprint density at radius 3 is 2.27 bits per heavy atom. The van der Waals surface area contributed by atoms with Gasteiger partial charge >= 0.3 is 12.1 Å². The largest absolute Gasteiger partial charge is 0.616 e. The molecule has 5 saturated carbocycles. The summed E-state index contributed by atoms with van der Waals surface area (Å²) in [7, 11) is 0. The van der Waals surface area contributed by atoms with Crippen LogP contribution in [0, 0.1) is 51.8 Å². The van der Waals surface area contributed by atoms with E-state index in [4.69, 9.17) is 0 Å². The van der Waals surface area contributed by atoms with Gasteiger partial charge in [-0.2, -0.15) is 22.0 Å². The van der Waals surface area contributed by atoms with Gasteiger partial charge in [0.2, 0.25) is 0 Å². The Balaban J connectivity index is 0.000000225. The Morgan fingerprint density at radius 2 is 1.54 bits per heavy atom. The van der Waals surface area contributed by atoms with E-state index in [1.54, 1.807) is 12.2 Å². The molecule has 0 bridgehead atoms. The summed E-state index contributed by atoms with van der Waals surface area (Å²) in [6.07, 6.45) is 16.5. The van der Waals surface area contributed by atoms with Crippen molar-refractivity contribution in [3.8, 4) is 5.75 Å². The van der Waals surface area contributed by atoms with Gasteiger partial charge in [0, 0.05) is 23.7 Å². The van der Waals surface area contributed by atoms with Gasteiger partial charge in [-0.25, -0.2) is 0 Å². The van der Waals surface area contributed by atoms with Gasteiger partial charge in [-0.3, -0.25) is 9.59 Å². The molecular formula is C52H71F5O5S. The minimum absolute atomic E-state index is 0.0195. The first-order valence-electron chi connectivity index (χ1n) is 24.2. The Hall–Kier alpha value is -2.50. The van der Waals surface area contributed by atoms with Crippen molar-refractivity contribution in [1.29, 1.82) is 0 Å². The van der Waals surface area contributed by atoms with Crippen LogP contribution in [0.1, 0.15) is 160 Å². The molecule has 350 valence electrons. The van der Waals surface area contributed by atoms with E-state index in [1.807, 2.05) is 12.1 Å². The number of alkyl halides is 5. The third-order valence-corrected chi connectivity index (χ3v) is 19.3. The van der Waals surface area contributed by atoms with Crippen LogP contribution in [-0.2, 0) is 27.2 Å². The van der Waals surface area contributed by atoms with Gasteiger partial charge in [-0.1, -0.05) is 88.3 Å². The fourth-order valence-electron chi connectivity index (χ4n) is 14.3. The minimum atomic E-state index is -5.54. The SMILES string of the molecule is C=C1C[C@@H]2[C@H](CC[C@]3(C)C(=O)CC[C@@H]23)[C@@]2(C)C=CC(=O)C=C12.C[C@]12CC[C@@H]3c4ccc(O)cc4C[C@@H](CCCCCCCCC[S+]([O-])CCCC(F)(F)C(F)(F)F)[C@H]3[C@@H]1CC[C@@H]2O. The average Bonchev–Trinajstić information content (AvgIpc) is 3.70. The molecule has 1 aromatic carbocycles. The molecule has 7 aliphatic rings. The van der Waals surface area contributed by atoms with Gasteiger partial charge in [-0.15, -0.1) is 0 Å². The lowest BCUT2D eigenvalue weighted by Crippen LogP contribution is -2.50. The topological polar surface area (TPSA) is 97.7 Å². The number of carbonyl (C=O) groups is 2. The van der Waals surface area contributed by atoms with Gasteiger partial charge in [0.25, 0.3) is 0 Å². The summed E-state index contributed by atoms with van der Waals surface area (Å²) in [5, 5.41) is 21.0. The second-order valence-electron chi connectivity index (χ2n) is 21.4. The second-order valence-corrected chi connectivity index (χ2v) is 23.1. The van der Waals surface area contributed by atoms with Crippen molar-refractivity contribution in [3.63, 3.8) is 0 Å². The minimum Gasteiger partial charge on any atom is -0.616 e. The first-order valence-corrected chi connectivity index (χ1v) is 25.6. The van der Waals surface area contributed by atoms with Gasteiger partial charge in [0.15, 0.2) is 5.78 Å². The molecule has 5 fully saturated rings. The number of aliphatic hydroxyl groups excluding tert-OH is 1. The van der Waals surface area contributed by atoms with Crippen LogP contribution < -0.4 is 0 Å². The smallest absolute Gasteiger partial charge is 0.453 e. The lowest BCUT2D eigenvalue weighted by molar-refractivity contribution is -0.284. The van der Waals surface area contributed by atoms with Crippen LogP contribution in [0.4, 0.5) is 22.0 Å². The number of aromatic hydroxyl groups is 1. The van der Waals surface area contributed by atoms with Gasteiger partial charge in [0.1, 0.15) is 23.0 Å². The summed E-state index contributed by atoms with van der Waals surface area (Å²) in [6.45, 7) is 11.0. The number of ketones is 2. The standard InChI is InChI=1S/C32H47F5O3S.C20H24O2/c1-30-17-15-26-25-12-11-24(38)21-23(25)20-22(29(26)27(30)13-14-28(30)39)10-7-5-3-2-4-6-8-18-41(40)19-9-16-31(33,34)32(35,36)37;1-12-10-14-15-4-5-18(22)20(15,3)9-7-16(14)19(2)8-6-13(21)11-17(12)19/h11-12,21-22,26-29,38-39H,2-10,13-20H2,1H3;6,8,11,14-16H,1,4-5,7,9-10H2,2-3H3/t22-,26-,27+,28+,29-,30+,41?;14-,15-,16-,19+,20-/m10/s1. The molecule has 12 atom stereocenters. The van der Waals surface area contributed by atoms with Crippen LogP contribution in [0.2, 0.25) is 0 Å². The Kier molecular flexibility index (Phi) is 14.6. The van der Waals surface area contributed by atoms with E-state index in [0.29, 0.717) is 65.1 Å². The number of aliphatic hydroxyl groups is 1. The predicted molar refractivity (Wildman–Crippen MR) is 239 cm³/mol. The van der Waals surface area contributed by atoms with Gasteiger partial charge < -0.3 is 14.8 Å². The molecule has 63 heavy (non-hydrogen) atoms. The van der Waals surface area contributed by atoms with Crippen molar-refractivity contribution in [2.45, 2.75) is 173 Å². The summed E-state index contributed by atoms with van der Waals surface area (Å²) in [5.74, 6) is 0.226. The maximum Gasteiger partial charge on any atom is 0.453 e. The number of phenolic OH excluding ortho intramolecular Hbond substituents is 1. The van der Waals surface area contributed by atoms with Crippen LogP contribution >= 0.6 is 0 Å². The Labute approximate surface area is 375 Å². The van der Waals surface area contributed by atoms with Crippen molar-refractivity contribution in [1.82, 2.24) is 0 Å². The summed E-state index contributed by atoms with van der Waals surface area (Å²) in [6, 6.07) is 5.92. The van der Waals surface area contributed by atoms with E-state index < -0.39 is 36.1 Å². The van der Waals surface area contributed by atoms with Crippen molar-refractivity contribution in [2.24, 2.45) is 51.8 Å². The molecule has 0 aromatic heterocycles. The highest BCUT2D eigenvalue weighted by Crippen LogP contribution is 2.65. The second kappa shape index (κ2) is 19.0. The fraction of sp³-hybridized carbons (Fsp3) is 0.731. The molecule has 0 radical (unpaired) electrons. The van der Waals surface area contributed by atoms with Crippen molar-refractivity contribution in [2.75, 3.05) is 11.5 Å².